The lowest BCUT2D eigenvalue weighted by molar-refractivity contribution is -0.143. The number of amides is 6. The van der Waals surface area contributed by atoms with Crippen molar-refractivity contribution in [3.63, 3.8) is 0 Å². The molecule has 0 aliphatic heterocycles. The van der Waals surface area contributed by atoms with Crippen molar-refractivity contribution in [2.75, 3.05) is 18.6 Å². The first-order chi connectivity index (χ1) is 27.3. The summed E-state index contributed by atoms with van der Waals surface area (Å²) in [5.41, 5.74) is 12.1. The Balaban J connectivity index is 3.17. The molecule has 0 spiro atoms. The number of carboxylic acids is 3. The maximum absolute atomic E-state index is 13.6. The second-order valence-corrected chi connectivity index (χ2v) is 14.9. The zero-order chi connectivity index (χ0) is 43.9. The normalized spacial score (nSPS) is 14.6. The Kier molecular flexibility index (Phi) is 23.3. The highest BCUT2D eigenvalue weighted by molar-refractivity contribution is 7.98. The van der Waals surface area contributed by atoms with Crippen LogP contribution in [0.1, 0.15) is 71.3 Å². The maximum atomic E-state index is 13.6. The molecule has 0 aliphatic rings. The van der Waals surface area contributed by atoms with Crippen molar-refractivity contribution in [1.82, 2.24) is 31.9 Å². The molecule has 0 radical (unpaired) electrons. The number of aliphatic carboxylic acids is 3. The van der Waals surface area contributed by atoms with Gasteiger partial charge in [0.15, 0.2) is 0 Å². The Labute approximate surface area is 341 Å². The Morgan fingerprint density at radius 3 is 1.64 bits per heavy atom. The minimum Gasteiger partial charge on any atom is -0.481 e. The van der Waals surface area contributed by atoms with Crippen molar-refractivity contribution >= 4 is 65.1 Å². The Morgan fingerprint density at radius 1 is 0.621 bits per heavy atom. The van der Waals surface area contributed by atoms with Crippen LogP contribution in [0.15, 0.2) is 30.3 Å². The lowest BCUT2D eigenvalue weighted by Gasteiger charge is -2.26. The fraction of sp³-hybridized carbons (Fsp3) is 0.595. The molecule has 6 amide bonds. The lowest BCUT2D eigenvalue weighted by atomic mass is 10.0. The Morgan fingerprint density at radius 2 is 1.12 bits per heavy atom. The third kappa shape index (κ3) is 19.2. The van der Waals surface area contributed by atoms with E-state index in [9.17, 15) is 58.5 Å². The summed E-state index contributed by atoms with van der Waals surface area (Å²) in [4.78, 5) is 115. The van der Waals surface area contributed by atoms with Gasteiger partial charge in [0.1, 0.15) is 36.3 Å². The van der Waals surface area contributed by atoms with Gasteiger partial charge in [-0.05, 0) is 69.1 Å². The van der Waals surface area contributed by atoms with E-state index in [1.807, 2.05) is 0 Å². The number of rotatable bonds is 28. The molecule has 324 valence electrons. The number of hydrogen-bond donors (Lipinski definition) is 11. The molecule has 13 N–H and O–H groups in total. The zero-order valence-electron chi connectivity index (χ0n) is 33.2. The van der Waals surface area contributed by atoms with E-state index in [0.29, 0.717) is 30.7 Å². The monoisotopic (exact) mass is 838 g/mol. The predicted molar refractivity (Wildman–Crippen MR) is 213 cm³/mol. The topological polar surface area (TPSA) is 339 Å². The number of thioether (sulfide) groups is 1. The molecule has 0 unspecified atom stereocenters. The van der Waals surface area contributed by atoms with Gasteiger partial charge in [-0.3, -0.25) is 38.4 Å². The smallest absolute Gasteiger partial charge is 0.326 e. The van der Waals surface area contributed by atoms with Crippen LogP contribution in [0, 0.1) is 5.92 Å². The van der Waals surface area contributed by atoms with Gasteiger partial charge >= 0.3 is 17.9 Å². The van der Waals surface area contributed by atoms with Crippen LogP contribution in [0.2, 0.25) is 0 Å². The Bertz CT molecular complexity index is 1570. The molecule has 0 heterocycles. The summed E-state index contributed by atoms with van der Waals surface area (Å²) in [6.45, 7) is 4.99. The van der Waals surface area contributed by atoms with Crippen molar-refractivity contribution in [2.45, 2.75) is 114 Å². The van der Waals surface area contributed by atoms with Crippen molar-refractivity contribution < 1.29 is 58.5 Å². The SMILES string of the molecule is CSCC[C@H](NC(=O)[C@H](CCCCN)NC(=O)[C@@H](N)C(C)C)C(=O)N[C@@H](CC(=O)O)C(=O)N[C@@H](C)C(=O)N[C@@H](CCC(=O)O)C(=O)N[C@@H](Cc1ccccc1)C(=O)O. The van der Waals surface area contributed by atoms with Crippen LogP contribution in [0.4, 0.5) is 0 Å². The number of carboxylic acid groups (broad SMARTS) is 3. The standard InChI is InChI=1S/C37H58N8O12S/c1-20(2)30(39)36(55)43-23(12-8-9-16-38)32(51)42-25(15-17-58-4)34(53)44-26(19-29(48)49)35(54)40-21(3)31(50)41-24(13-14-28(46)47)33(52)45-27(37(56)57)18-22-10-6-5-7-11-22/h5-7,10-11,20-21,23-27,30H,8-9,12-19,38-39H2,1-4H3,(H,40,54)(H,41,50)(H,42,51)(H,43,55)(H,44,53)(H,45,52)(H,46,47)(H,48,49)(H,56,57)/t21-,23-,24-,25-,26-,27-,30-/m0/s1. The molecule has 0 aliphatic carbocycles. The van der Waals surface area contributed by atoms with Gasteiger partial charge in [0, 0.05) is 12.8 Å². The molecule has 20 nitrogen and oxygen atoms in total. The van der Waals surface area contributed by atoms with Crippen LogP contribution in [0.3, 0.4) is 0 Å². The molecule has 0 aromatic heterocycles. The molecule has 21 heteroatoms. The number of hydrogen-bond acceptors (Lipinski definition) is 12. The first-order valence-corrected chi connectivity index (χ1v) is 20.2. The van der Waals surface area contributed by atoms with Crippen molar-refractivity contribution in [3.8, 4) is 0 Å². The summed E-state index contributed by atoms with van der Waals surface area (Å²) in [6.07, 6.45) is 0.865. The average Bonchev–Trinajstić information content (AvgIpc) is 3.16. The largest absolute Gasteiger partial charge is 0.481 e. The molecule has 1 rings (SSSR count). The molecule has 1 aromatic carbocycles. The molecular formula is C37H58N8O12S. The van der Waals surface area contributed by atoms with E-state index in [-0.39, 0.29) is 25.2 Å². The fourth-order valence-electron chi connectivity index (χ4n) is 5.30. The van der Waals surface area contributed by atoms with Crippen molar-refractivity contribution in [1.29, 1.82) is 0 Å². The van der Waals surface area contributed by atoms with Gasteiger partial charge < -0.3 is 58.7 Å². The number of nitrogens with one attached hydrogen (secondary N) is 6. The highest BCUT2D eigenvalue weighted by Gasteiger charge is 2.34. The van der Waals surface area contributed by atoms with Gasteiger partial charge in [0.2, 0.25) is 35.4 Å². The summed E-state index contributed by atoms with van der Waals surface area (Å²) < 4.78 is 0. The molecule has 0 bridgehead atoms. The third-order valence-electron chi connectivity index (χ3n) is 8.79. The maximum Gasteiger partial charge on any atom is 0.326 e. The van der Waals surface area contributed by atoms with Crippen LogP contribution >= 0.6 is 11.8 Å². The van der Waals surface area contributed by atoms with Gasteiger partial charge in [-0.1, -0.05) is 44.2 Å². The van der Waals surface area contributed by atoms with Crippen molar-refractivity contribution in [2.24, 2.45) is 17.4 Å². The van der Waals surface area contributed by atoms with Gasteiger partial charge in [-0.15, -0.1) is 0 Å². The minimum absolute atomic E-state index is 0.0435. The first kappa shape index (κ1) is 50.7. The number of carbonyl (C=O) groups is 9. The molecule has 0 saturated heterocycles. The average molecular weight is 839 g/mol. The molecule has 7 atom stereocenters. The summed E-state index contributed by atoms with van der Waals surface area (Å²) in [5, 5.41) is 42.9. The summed E-state index contributed by atoms with van der Waals surface area (Å²) in [6, 6.07) is -1.19. The van der Waals surface area contributed by atoms with E-state index in [4.69, 9.17) is 11.5 Å². The van der Waals surface area contributed by atoms with Crippen LogP contribution in [-0.2, 0) is 49.6 Å². The highest BCUT2D eigenvalue weighted by atomic mass is 32.2. The second kappa shape index (κ2) is 26.6. The molecule has 0 fully saturated rings. The fourth-order valence-corrected chi connectivity index (χ4v) is 5.77. The molecule has 0 saturated carbocycles. The van der Waals surface area contributed by atoms with Crippen LogP contribution < -0.4 is 43.4 Å². The third-order valence-corrected chi connectivity index (χ3v) is 9.43. The van der Waals surface area contributed by atoms with E-state index in [0.717, 1.165) is 0 Å². The number of nitrogens with two attached hydrogens (primary N) is 2. The first-order valence-electron chi connectivity index (χ1n) is 18.8. The predicted octanol–water partition coefficient (Wildman–Crippen LogP) is -1.55. The van der Waals surface area contributed by atoms with E-state index < -0.39 is 115 Å². The summed E-state index contributed by atoms with van der Waals surface area (Å²) in [5.74, 6) is -9.45. The zero-order valence-corrected chi connectivity index (χ0v) is 34.0. The van der Waals surface area contributed by atoms with Gasteiger partial charge in [0.25, 0.3) is 0 Å². The lowest BCUT2D eigenvalue weighted by Crippen LogP contribution is -2.60. The van der Waals surface area contributed by atoms with Gasteiger partial charge in [-0.2, -0.15) is 11.8 Å². The van der Waals surface area contributed by atoms with Crippen LogP contribution in [0.5, 0.6) is 0 Å². The molecule has 1 aromatic rings. The summed E-state index contributed by atoms with van der Waals surface area (Å²) in [7, 11) is 0. The van der Waals surface area contributed by atoms with Crippen molar-refractivity contribution in [3.05, 3.63) is 35.9 Å². The molecule has 58 heavy (non-hydrogen) atoms. The van der Waals surface area contributed by atoms with Crippen LogP contribution in [-0.4, -0.2) is 130 Å². The minimum atomic E-state index is -1.77. The van der Waals surface area contributed by atoms with Gasteiger partial charge in [-0.25, -0.2) is 4.79 Å². The van der Waals surface area contributed by atoms with E-state index in [1.54, 1.807) is 50.4 Å². The summed E-state index contributed by atoms with van der Waals surface area (Å²) >= 11 is 1.34. The number of benzene rings is 1. The molecular weight excluding hydrogens is 781 g/mol. The van der Waals surface area contributed by atoms with Gasteiger partial charge in [0.05, 0.1) is 12.5 Å². The van der Waals surface area contributed by atoms with E-state index in [2.05, 4.69) is 31.9 Å². The second-order valence-electron chi connectivity index (χ2n) is 13.9. The van der Waals surface area contributed by atoms with E-state index in [1.165, 1.54) is 18.7 Å². The number of carbonyl (C=O) groups excluding carboxylic acids is 6. The Hall–Kier alpha value is -5.28. The van der Waals surface area contributed by atoms with E-state index >= 15 is 0 Å². The highest BCUT2D eigenvalue weighted by Crippen LogP contribution is 2.09. The van der Waals surface area contributed by atoms with Crippen LogP contribution in [0.25, 0.3) is 0 Å². The quantitative estimate of drug-likeness (QED) is 0.0426. The number of unbranched alkanes of at least 4 members (excludes halogenated alkanes) is 1.